The molecule has 2 aromatic rings. The molecule has 1 aliphatic heterocycles. The highest BCUT2D eigenvalue weighted by atomic mass is 35.5. The van der Waals surface area contributed by atoms with E-state index in [9.17, 15) is 14.7 Å². The molecular weight excluding hydrogens is 446 g/mol. The predicted octanol–water partition coefficient (Wildman–Crippen LogP) is 4.51. The zero-order chi connectivity index (χ0) is 24.1. The van der Waals surface area contributed by atoms with Crippen LogP contribution in [0.4, 0.5) is 0 Å². The van der Waals surface area contributed by atoms with Crippen molar-refractivity contribution in [2.75, 3.05) is 34.0 Å². The van der Waals surface area contributed by atoms with Crippen molar-refractivity contribution in [3.63, 3.8) is 0 Å². The van der Waals surface area contributed by atoms with E-state index >= 15 is 0 Å². The molecule has 1 atom stereocenters. The van der Waals surface area contributed by atoms with Crippen LogP contribution in [0.5, 0.6) is 11.5 Å². The van der Waals surface area contributed by atoms with Gasteiger partial charge in [-0.05, 0) is 55.7 Å². The number of benzene rings is 2. The molecule has 1 aliphatic rings. The summed E-state index contributed by atoms with van der Waals surface area (Å²) in [6.07, 6.45) is 0.538. The van der Waals surface area contributed by atoms with Crippen LogP contribution in [0.15, 0.2) is 42.0 Å². The number of ether oxygens (including phenoxy) is 3. The summed E-state index contributed by atoms with van der Waals surface area (Å²) in [5, 5.41) is 11.6. The van der Waals surface area contributed by atoms with E-state index in [0.717, 1.165) is 5.56 Å². The normalized spacial score (nSPS) is 17.5. The highest BCUT2D eigenvalue weighted by molar-refractivity contribution is 6.46. The number of aryl methyl sites for hydroxylation is 1. The lowest BCUT2D eigenvalue weighted by molar-refractivity contribution is -0.140. The van der Waals surface area contributed by atoms with Crippen LogP contribution in [0.25, 0.3) is 5.76 Å². The molecule has 1 unspecified atom stereocenters. The molecule has 0 spiro atoms. The zero-order valence-corrected chi connectivity index (χ0v) is 19.9. The summed E-state index contributed by atoms with van der Waals surface area (Å²) in [7, 11) is 3.01. The summed E-state index contributed by atoms with van der Waals surface area (Å²) in [4.78, 5) is 27.6. The van der Waals surface area contributed by atoms with Crippen molar-refractivity contribution in [3.8, 4) is 11.5 Å². The third kappa shape index (κ3) is 4.99. The van der Waals surface area contributed by atoms with Gasteiger partial charge in [-0.25, -0.2) is 0 Å². The second kappa shape index (κ2) is 10.7. The molecule has 1 N–H and O–H groups in total. The van der Waals surface area contributed by atoms with E-state index < -0.39 is 17.7 Å². The Labute approximate surface area is 198 Å². The van der Waals surface area contributed by atoms with Crippen molar-refractivity contribution in [2.24, 2.45) is 0 Å². The summed E-state index contributed by atoms with van der Waals surface area (Å²) in [6, 6.07) is 9.73. The van der Waals surface area contributed by atoms with Crippen molar-refractivity contribution in [1.29, 1.82) is 0 Å². The quantitative estimate of drug-likeness (QED) is 0.249. The topological polar surface area (TPSA) is 85.3 Å². The van der Waals surface area contributed by atoms with Crippen LogP contribution >= 0.6 is 11.6 Å². The van der Waals surface area contributed by atoms with Gasteiger partial charge in [-0.2, -0.15) is 0 Å². The Balaban J connectivity index is 2.18. The monoisotopic (exact) mass is 473 g/mol. The third-order valence-corrected chi connectivity index (χ3v) is 5.72. The van der Waals surface area contributed by atoms with Gasteiger partial charge in [-0.15, -0.1) is 0 Å². The van der Waals surface area contributed by atoms with Crippen molar-refractivity contribution >= 4 is 29.1 Å². The molecule has 1 saturated heterocycles. The number of ketones is 1. The minimum Gasteiger partial charge on any atom is -0.507 e. The smallest absolute Gasteiger partial charge is 0.295 e. The molecule has 2 aromatic carbocycles. The largest absolute Gasteiger partial charge is 0.507 e. The maximum Gasteiger partial charge on any atom is 0.295 e. The van der Waals surface area contributed by atoms with E-state index in [2.05, 4.69) is 0 Å². The lowest BCUT2D eigenvalue weighted by Gasteiger charge is -2.25. The SMILES string of the molecule is CCOc1ccc(C2/C(=C(\O)c3cc(C)cc(Cl)c3OC)C(=O)C(=O)N2CCCOC)cc1. The van der Waals surface area contributed by atoms with E-state index in [1.807, 2.05) is 13.8 Å². The highest BCUT2D eigenvalue weighted by Gasteiger charge is 2.46. The Morgan fingerprint density at radius 1 is 1.15 bits per heavy atom. The molecule has 0 aromatic heterocycles. The standard InChI is InChI=1S/C25H28ClNO6/c1-5-33-17-9-7-16(8-10-17)21-20(23(29)25(30)27(21)11-6-12-31-3)22(28)18-13-15(2)14-19(26)24(18)32-4/h7-10,13-14,21,28H,5-6,11-12H2,1-4H3/b22-20+. The zero-order valence-electron chi connectivity index (χ0n) is 19.2. The number of aliphatic hydroxyl groups is 1. The minimum atomic E-state index is -0.776. The number of nitrogens with zero attached hydrogens (tertiary/aromatic N) is 1. The Morgan fingerprint density at radius 3 is 2.45 bits per heavy atom. The van der Waals surface area contributed by atoms with E-state index in [-0.39, 0.29) is 22.6 Å². The number of hydrogen-bond donors (Lipinski definition) is 1. The molecule has 0 radical (unpaired) electrons. The van der Waals surface area contributed by atoms with Gasteiger partial charge in [0.05, 0.1) is 35.9 Å². The number of carbonyl (C=O) groups is 2. The number of likely N-dealkylation sites (tertiary alicyclic amines) is 1. The third-order valence-electron chi connectivity index (χ3n) is 5.44. The van der Waals surface area contributed by atoms with E-state index in [1.165, 1.54) is 12.0 Å². The van der Waals surface area contributed by atoms with Gasteiger partial charge in [0, 0.05) is 20.3 Å². The van der Waals surface area contributed by atoms with Crippen LogP contribution in [0.1, 0.15) is 36.1 Å². The predicted molar refractivity (Wildman–Crippen MR) is 126 cm³/mol. The molecule has 33 heavy (non-hydrogen) atoms. The second-order valence-corrected chi connectivity index (χ2v) is 8.08. The summed E-state index contributed by atoms with van der Waals surface area (Å²) in [5.74, 6) is -0.864. The number of Topliss-reactive ketones (excluding diaryl/α,β-unsaturated/α-hetero) is 1. The Morgan fingerprint density at radius 2 is 1.85 bits per heavy atom. The second-order valence-electron chi connectivity index (χ2n) is 7.67. The van der Waals surface area contributed by atoms with Gasteiger partial charge in [0.2, 0.25) is 0 Å². The van der Waals surface area contributed by atoms with Gasteiger partial charge >= 0.3 is 0 Å². The molecule has 3 rings (SSSR count). The number of rotatable bonds is 9. The van der Waals surface area contributed by atoms with Gasteiger partial charge < -0.3 is 24.2 Å². The first-order valence-electron chi connectivity index (χ1n) is 10.7. The molecule has 7 nitrogen and oxygen atoms in total. The van der Waals surface area contributed by atoms with Gasteiger partial charge in [0.1, 0.15) is 17.3 Å². The van der Waals surface area contributed by atoms with Gasteiger partial charge in [0.25, 0.3) is 11.7 Å². The van der Waals surface area contributed by atoms with Crippen LogP contribution in [0, 0.1) is 6.92 Å². The molecule has 8 heteroatoms. The van der Waals surface area contributed by atoms with Crippen LogP contribution in [-0.4, -0.2) is 55.7 Å². The van der Waals surface area contributed by atoms with E-state index in [1.54, 1.807) is 43.5 Å². The molecule has 0 saturated carbocycles. The fourth-order valence-electron chi connectivity index (χ4n) is 4.01. The number of halogens is 1. The van der Waals surface area contributed by atoms with Gasteiger partial charge in [0.15, 0.2) is 0 Å². The molecule has 1 fully saturated rings. The van der Waals surface area contributed by atoms with Crippen molar-refractivity contribution in [2.45, 2.75) is 26.3 Å². The maximum atomic E-state index is 13.1. The number of aliphatic hydroxyl groups excluding tert-OH is 1. The first-order valence-corrected chi connectivity index (χ1v) is 11.1. The molecule has 0 bridgehead atoms. The van der Waals surface area contributed by atoms with E-state index in [4.69, 9.17) is 25.8 Å². The first-order chi connectivity index (χ1) is 15.8. The van der Waals surface area contributed by atoms with Crippen molar-refractivity contribution in [1.82, 2.24) is 4.90 Å². The number of carbonyl (C=O) groups excluding carboxylic acids is 2. The summed E-state index contributed by atoms with van der Waals surface area (Å²) in [5.41, 5.74) is 1.69. The van der Waals surface area contributed by atoms with Crippen LogP contribution in [0.3, 0.4) is 0 Å². The van der Waals surface area contributed by atoms with Crippen LogP contribution < -0.4 is 9.47 Å². The summed E-state index contributed by atoms with van der Waals surface area (Å²) in [6.45, 7) is 4.94. The van der Waals surface area contributed by atoms with Crippen molar-refractivity contribution in [3.05, 3.63) is 63.7 Å². The molecule has 1 amide bonds. The lowest BCUT2D eigenvalue weighted by atomic mass is 9.94. The minimum absolute atomic E-state index is 0.0125. The maximum absolute atomic E-state index is 13.1. The Hall–Kier alpha value is -3.03. The molecule has 1 heterocycles. The molecular formula is C25H28ClNO6. The first kappa shape index (κ1) is 24.6. The average Bonchev–Trinajstić information content (AvgIpc) is 3.04. The van der Waals surface area contributed by atoms with Crippen LogP contribution in [-0.2, 0) is 14.3 Å². The van der Waals surface area contributed by atoms with Gasteiger partial charge in [-0.3, -0.25) is 9.59 Å². The van der Waals surface area contributed by atoms with E-state index in [0.29, 0.717) is 42.5 Å². The van der Waals surface area contributed by atoms with Gasteiger partial charge in [-0.1, -0.05) is 23.7 Å². The fourth-order valence-corrected chi connectivity index (χ4v) is 4.36. The molecule has 0 aliphatic carbocycles. The fraction of sp³-hybridized carbons (Fsp3) is 0.360. The van der Waals surface area contributed by atoms with Crippen LogP contribution in [0.2, 0.25) is 5.02 Å². The lowest BCUT2D eigenvalue weighted by Crippen LogP contribution is -2.31. The number of methoxy groups -OCH3 is 2. The summed E-state index contributed by atoms with van der Waals surface area (Å²) >= 11 is 6.32. The average molecular weight is 474 g/mol. The van der Waals surface area contributed by atoms with Crippen molar-refractivity contribution < 1.29 is 28.9 Å². The highest BCUT2D eigenvalue weighted by Crippen LogP contribution is 2.43. The summed E-state index contributed by atoms with van der Waals surface area (Å²) < 4.78 is 16.0. The molecule has 176 valence electrons. The Kier molecular flexibility index (Phi) is 8.00. The Bertz CT molecular complexity index is 1060. The number of hydrogen-bond acceptors (Lipinski definition) is 6. The number of amides is 1.